The van der Waals surface area contributed by atoms with Gasteiger partial charge in [-0.25, -0.2) is 4.79 Å². The fourth-order valence-corrected chi connectivity index (χ4v) is 2.61. The van der Waals surface area contributed by atoms with Crippen LogP contribution in [0.3, 0.4) is 0 Å². The summed E-state index contributed by atoms with van der Waals surface area (Å²) in [5.74, 6) is 1.36. The fourth-order valence-electron chi connectivity index (χ4n) is 2.61. The molecular formula is C19H19NO5. The summed E-state index contributed by atoms with van der Waals surface area (Å²) < 4.78 is 16.0. The fraction of sp³-hybridized carbons (Fsp3) is 0.211. The molecule has 0 aliphatic carbocycles. The number of benzene rings is 2. The van der Waals surface area contributed by atoms with Gasteiger partial charge in [-0.15, -0.1) is 0 Å². The van der Waals surface area contributed by atoms with E-state index >= 15 is 0 Å². The summed E-state index contributed by atoms with van der Waals surface area (Å²) in [5.41, 5.74) is 1.51. The van der Waals surface area contributed by atoms with Gasteiger partial charge in [0.2, 0.25) is 0 Å². The molecule has 6 heteroatoms. The number of hydrogen-bond donors (Lipinski definition) is 2. The van der Waals surface area contributed by atoms with Crippen molar-refractivity contribution in [2.75, 3.05) is 19.0 Å². The number of phenolic OH excluding ortho intramolecular Hbond substituents is 1. The molecule has 0 unspecified atom stereocenters. The largest absolute Gasteiger partial charge is 0.508 e. The van der Waals surface area contributed by atoms with Crippen molar-refractivity contribution in [1.29, 1.82) is 0 Å². The molecule has 0 atom stereocenters. The van der Waals surface area contributed by atoms with Gasteiger partial charge in [0.25, 0.3) is 0 Å². The Hall–Kier alpha value is -3.15. The van der Waals surface area contributed by atoms with Gasteiger partial charge >= 0.3 is 5.63 Å². The minimum Gasteiger partial charge on any atom is -0.508 e. The van der Waals surface area contributed by atoms with Gasteiger partial charge in [0.1, 0.15) is 11.3 Å². The molecule has 0 amide bonds. The van der Waals surface area contributed by atoms with Crippen LogP contribution in [0, 0.1) is 0 Å². The Morgan fingerprint density at radius 1 is 1.12 bits per heavy atom. The van der Waals surface area contributed by atoms with Crippen molar-refractivity contribution in [3.8, 4) is 17.2 Å². The van der Waals surface area contributed by atoms with Crippen molar-refractivity contribution < 1.29 is 19.0 Å². The second kappa shape index (κ2) is 7.17. The third-order valence-electron chi connectivity index (χ3n) is 3.76. The topological polar surface area (TPSA) is 80.9 Å². The van der Waals surface area contributed by atoms with Gasteiger partial charge in [-0.3, -0.25) is 0 Å². The highest BCUT2D eigenvalue weighted by molar-refractivity contribution is 5.81. The average molecular weight is 341 g/mol. The van der Waals surface area contributed by atoms with E-state index in [1.807, 2.05) is 25.1 Å². The Balaban J connectivity index is 1.86. The molecule has 2 N–H and O–H groups in total. The molecule has 3 rings (SSSR count). The number of rotatable bonds is 6. The van der Waals surface area contributed by atoms with E-state index in [1.165, 1.54) is 12.1 Å². The molecule has 0 aliphatic heterocycles. The highest BCUT2D eigenvalue weighted by Crippen LogP contribution is 2.30. The van der Waals surface area contributed by atoms with Gasteiger partial charge in [-0.2, -0.15) is 0 Å². The number of phenols is 1. The number of nitrogens with one attached hydrogen (secondary N) is 1. The lowest BCUT2D eigenvalue weighted by atomic mass is 10.1. The van der Waals surface area contributed by atoms with Crippen LogP contribution >= 0.6 is 0 Å². The van der Waals surface area contributed by atoms with Crippen LogP contribution in [-0.2, 0) is 6.54 Å². The van der Waals surface area contributed by atoms with Crippen LogP contribution in [0.2, 0.25) is 0 Å². The number of ether oxygens (including phenoxy) is 2. The summed E-state index contributed by atoms with van der Waals surface area (Å²) in [4.78, 5) is 11.7. The summed E-state index contributed by atoms with van der Waals surface area (Å²) in [5, 5.41) is 13.6. The van der Waals surface area contributed by atoms with Gasteiger partial charge in [-0.1, -0.05) is 0 Å². The van der Waals surface area contributed by atoms with Crippen LogP contribution in [0.5, 0.6) is 17.2 Å². The van der Waals surface area contributed by atoms with Crippen LogP contribution in [0.15, 0.2) is 51.7 Å². The monoisotopic (exact) mass is 341 g/mol. The molecule has 0 bridgehead atoms. The first-order valence-electron chi connectivity index (χ1n) is 7.91. The molecule has 2 aromatic carbocycles. The molecule has 0 radical (unpaired) electrons. The molecule has 0 fully saturated rings. The zero-order valence-corrected chi connectivity index (χ0v) is 14.0. The summed E-state index contributed by atoms with van der Waals surface area (Å²) in [6, 6.07) is 11.7. The first kappa shape index (κ1) is 16.7. The number of anilines is 1. The Morgan fingerprint density at radius 2 is 1.96 bits per heavy atom. The molecule has 25 heavy (non-hydrogen) atoms. The zero-order chi connectivity index (χ0) is 17.8. The van der Waals surface area contributed by atoms with Crippen molar-refractivity contribution >= 4 is 16.7 Å². The summed E-state index contributed by atoms with van der Waals surface area (Å²) in [6.07, 6.45) is 0. The first-order chi connectivity index (χ1) is 12.1. The SMILES string of the molecule is CCOc1ccc(NCc2cc(=O)oc3cc(O)ccc23)cc1OC. The maximum absolute atomic E-state index is 11.7. The lowest BCUT2D eigenvalue weighted by molar-refractivity contribution is 0.311. The summed E-state index contributed by atoms with van der Waals surface area (Å²) >= 11 is 0. The molecule has 6 nitrogen and oxygen atoms in total. The number of hydrogen-bond acceptors (Lipinski definition) is 6. The van der Waals surface area contributed by atoms with E-state index in [0.29, 0.717) is 30.2 Å². The molecule has 130 valence electrons. The van der Waals surface area contributed by atoms with Gasteiger partial charge in [0.15, 0.2) is 11.5 Å². The minimum absolute atomic E-state index is 0.0528. The molecule has 1 aromatic heterocycles. The smallest absolute Gasteiger partial charge is 0.336 e. The predicted molar refractivity (Wildman–Crippen MR) is 95.6 cm³/mol. The van der Waals surface area contributed by atoms with Gasteiger partial charge in [0, 0.05) is 35.8 Å². The Morgan fingerprint density at radius 3 is 2.72 bits per heavy atom. The second-order valence-electron chi connectivity index (χ2n) is 5.42. The standard InChI is InChI=1S/C19H19NO5/c1-3-24-16-7-4-13(9-18(16)23-2)20-11-12-8-19(22)25-17-10-14(21)5-6-15(12)17/h4-10,20-21H,3,11H2,1-2H3. The average Bonchev–Trinajstić information content (AvgIpc) is 2.60. The Bertz CT molecular complexity index is 948. The third kappa shape index (κ3) is 3.68. The first-order valence-corrected chi connectivity index (χ1v) is 7.91. The maximum atomic E-state index is 11.7. The molecule has 0 saturated heterocycles. The van der Waals surface area contributed by atoms with E-state index in [0.717, 1.165) is 16.6 Å². The van der Waals surface area contributed by atoms with E-state index in [-0.39, 0.29) is 5.75 Å². The minimum atomic E-state index is -0.459. The molecular weight excluding hydrogens is 322 g/mol. The van der Waals surface area contributed by atoms with Gasteiger partial charge in [0.05, 0.1) is 13.7 Å². The summed E-state index contributed by atoms with van der Waals surface area (Å²) in [7, 11) is 1.59. The second-order valence-corrected chi connectivity index (χ2v) is 5.42. The van der Waals surface area contributed by atoms with E-state index in [2.05, 4.69) is 5.32 Å². The highest BCUT2D eigenvalue weighted by Gasteiger charge is 2.08. The van der Waals surface area contributed by atoms with Crippen LogP contribution in [-0.4, -0.2) is 18.8 Å². The van der Waals surface area contributed by atoms with Gasteiger partial charge < -0.3 is 24.3 Å². The molecule has 3 aromatic rings. The molecule has 0 saturated carbocycles. The van der Waals surface area contributed by atoms with Crippen LogP contribution < -0.4 is 20.4 Å². The van der Waals surface area contributed by atoms with Crippen LogP contribution in [0.1, 0.15) is 12.5 Å². The van der Waals surface area contributed by atoms with Crippen molar-refractivity contribution in [2.45, 2.75) is 13.5 Å². The normalized spacial score (nSPS) is 10.6. The Kier molecular flexibility index (Phi) is 4.79. The molecule has 0 aliphatic rings. The lowest BCUT2D eigenvalue weighted by Gasteiger charge is -2.13. The highest BCUT2D eigenvalue weighted by atomic mass is 16.5. The number of methoxy groups -OCH3 is 1. The summed E-state index contributed by atoms with van der Waals surface area (Å²) in [6.45, 7) is 2.89. The quantitative estimate of drug-likeness (QED) is 0.668. The van der Waals surface area contributed by atoms with E-state index in [1.54, 1.807) is 19.2 Å². The Labute approximate surface area is 144 Å². The van der Waals surface area contributed by atoms with Crippen LogP contribution in [0.25, 0.3) is 11.0 Å². The third-order valence-corrected chi connectivity index (χ3v) is 3.76. The number of fused-ring (bicyclic) bond motifs is 1. The van der Waals surface area contributed by atoms with E-state index in [4.69, 9.17) is 13.9 Å². The van der Waals surface area contributed by atoms with Gasteiger partial charge in [-0.05, 0) is 36.8 Å². The van der Waals surface area contributed by atoms with Crippen LogP contribution in [0.4, 0.5) is 5.69 Å². The molecule has 1 heterocycles. The van der Waals surface area contributed by atoms with Crippen molar-refractivity contribution in [3.05, 3.63) is 58.4 Å². The van der Waals surface area contributed by atoms with E-state index in [9.17, 15) is 9.90 Å². The maximum Gasteiger partial charge on any atom is 0.336 e. The van der Waals surface area contributed by atoms with Crippen molar-refractivity contribution in [2.24, 2.45) is 0 Å². The number of aromatic hydroxyl groups is 1. The zero-order valence-electron chi connectivity index (χ0n) is 14.0. The lowest BCUT2D eigenvalue weighted by Crippen LogP contribution is -2.06. The van der Waals surface area contributed by atoms with E-state index < -0.39 is 5.63 Å². The molecule has 0 spiro atoms. The van der Waals surface area contributed by atoms with Crippen molar-refractivity contribution in [1.82, 2.24) is 0 Å². The van der Waals surface area contributed by atoms with Crippen molar-refractivity contribution in [3.63, 3.8) is 0 Å². The predicted octanol–water partition coefficient (Wildman–Crippen LogP) is 3.52.